The van der Waals surface area contributed by atoms with Gasteiger partial charge in [-0.1, -0.05) is 41.9 Å². The third-order valence-electron chi connectivity index (χ3n) is 5.42. The van der Waals surface area contributed by atoms with Crippen LogP contribution in [0.25, 0.3) is 21.8 Å². The number of hydrogen-bond acceptors (Lipinski definition) is 4. The summed E-state index contributed by atoms with van der Waals surface area (Å²) in [5, 5.41) is 12.3. The molecule has 0 spiro atoms. The quantitative estimate of drug-likeness (QED) is 0.386. The van der Waals surface area contributed by atoms with Crippen LogP contribution in [0.1, 0.15) is 17.7 Å². The molecule has 1 amide bonds. The van der Waals surface area contributed by atoms with Crippen molar-refractivity contribution in [2.45, 2.75) is 32.4 Å². The fraction of sp³-hybridized carbons (Fsp3) is 0.261. The van der Waals surface area contributed by atoms with Gasteiger partial charge in [-0.25, -0.2) is 0 Å². The zero-order valence-corrected chi connectivity index (χ0v) is 17.9. The Labute approximate surface area is 184 Å². The molecule has 0 saturated carbocycles. The van der Waals surface area contributed by atoms with Crippen molar-refractivity contribution in [2.75, 3.05) is 6.54 Å². The Morgan fingerprint density at radius 2 is 1.97 bits per heavy atom. The number of nitrogens with one attached hydrogen (secondary N) is 2. The summed E-state index contributed by atoms with van der Waals surface area (Å²) in [5.74, 6) is -0.215. The summed E-state index contributed by atoms with van der Waals surface area (Å²) in [4.78, 5) is 25.4. The Morgan fingerprint density at radius 1 is 1.23 bits per heavy atom. The molecule has 2 aromatic carbocycles. The number of halogens is 1. The SMILES string of the molecule is Cc1[nH]nc2c1c(=O)n(CCCNC(=O)C(N)Cc1ccc(Cl)cc1)c1ccccc21. The van der Waals surface area contributed by atoms with Crippen molar-refractivity contribution in [1.82, 2.24) is 20.1 Å². The molecule has 8 heteroatoms. The first-order valence-corrected chi connectivity index (χ1v) is 10.6. The number of fused-ring (bicyclic) bond motifs is 3. The zero-order chi connectivity index (χ0) is 22.0. The normalized spacial score (nSPS) is 12.4. The topological polar surface area (TPSA) is 106 Å². The molecular weight excluding hydrogens is 414 g/mol. The van der Waals surface area contributed by atoms with Crippen LogP contribution < -0.4 is 16.6 Å². The number of carbonyl (C=O) groups excluding carboxylic acids is 1. The minimum absolute atomic E-state index is 0.0780. The number of aromatic amines is 1. The molecule has 0 aliphatic heterocycles. The van der Waals surface area contributed by atoms with Crippen molar-refractivity contribution in [3.8, 4) is 0 Å². The number of carbonyl (C=O) groups is 1. The number of benzene rings is 2. The number of para-hydroxylation sites is 1. The summed E-state index contributed by atoms with van der Waals surface area (Å²) >= 11 is 5.89. The fourth-order valence-electron chi connectivity index (χ4n) is 3.81. The fourth-order valence-corrected chi connectivity index (χ4v) is 3.93. The third-order valence-corrected chi connectivity index (χ3v) is 5.67. The van der Waals surface area contributed by atoms with Crippen LogP contribution in [0.2, 0.25) is 5.02 Å². The van der Waals surface area contributed by atoms with E-state index in [1.54, 1.807) is 16.7 Å². The van der Waals surface area contributed by atoms with Gasteiger partial charge in [0.25, 0.3) is 5.56 Å². The predicted octanol–water partition coefficient (Wildman–Crippen LogP) is 2.92. The maximum absolute atomic E-state index is 13.1. The Bertz CT molecular complexity index is 1290. The van der Waals surface area contributed by atoms with E-state index < -0.39 is 6.04 Å². The average molecular weight is 438 g/mol. The van der Waals surface area contributed by atoms with Crippen LogP contribution in [-0.4, -0.2) is 33.3 Å². The molecule has 160 valence electrons. The third kappa shape index (κ3) is 4.33. The van der Waals surface area contributed by atoms with Gasteiger partial charge in [0, 0.05) is 29.2 Å². The number of H-pyrrole nitrogens is 1. The second-order valence-corrected chi connectivity index (χ2v) is 8.06. The maximum atomic E-state index is 13.1. The van der Waals surface area contributed by atoms with Crippen molar-refractivity contribution in [1.29, 1.82) is 0 Å². The van der Waals surface area contributed by atoms with Crippen molar-refractivity contribution in [3.05, 3.63) is 75.2 Å². The van der Waals surface area contributed by atoms with Gasteiger partial charge in [-0.2, -0.15) is 5.10 Å². The standard InChI is InChI=1S/C23H24ClN5O2/c1-14-20-21(28-27-14)17-5-2-3-6-19(17)29(23(20)31)12-4-11-26-22(30)18(25)13-15-7-9-16(24)10-8-15/h2-3,5-10,18H,4,11-13,25H2,1H3,(H,26,30)(H,27,28). The smallest absolute Gasteiger partial charge is 0.262 e. The molecule has 0 fully saturated rings. The van der Waals surface area contributed by atoms with Crippen LogP contribution in [0.5, 0.6) is 0 Å². The van der Waals surface area contributed by atoms with E-state index in [1.165, 1.54) is 0 Å². The van der Waals surface area contributed by atoms with Crippen LogP contribution in [0.15, 0.2) is 53.3 Å². The number of rotatable bonds is 7. The van der Waals surface area contributed by atoms with Crippen molar-refractivity contribution in [2.24, 2.45) is 5.73 Å². The van der Waals surface area contributed by atoms with E-state index in [1.807, 2.05) is 43.3 Å². The molecule has 0 aliphatic carbocycles. The largest absolute Gasteiger partial charge is 0.355 e. The Hall–Kier alpha value is -3.16. The molecule has 0 bridgehead atoms. The highest BCUT2D eigenvalue weighted by Crippen LogP contribution is 2.22. The van der Waals surface area contributed by atoms with E-state index in [0.29, 0.717) is 41.9 Å². The molecule has 7 nitrogen and oxygen atoms in total. The molecule has 4 aromatic rings. The lowest BCUT2D eigenvalue weighted by Gasteiger charge is -2.14. The van der Waals surface area contributed by atoms with E-state index >= 15 is 0 Å². The molecule has 0 saturated heterocycles. The molecule has 1 unspecified atom stereocenters. The van der Waals surface area contributed by atoms with E-state index in [9.17, 15) is 9.59 Å². The minimum Gasteiger partial charge on any atom is -0.355 e. The molecule has 31 heavy (non-hydrogen) atoms. The highest BCUT2D eigenvalue weighted by molar-refractivity contribution is 6.30. The highest BCUT2D eigenvalue weighted by atomic mass is 35.5. The summed E-state index contributed by atoms with van der Waals surface area (Å²) in [6, 6.07) is 14.4. The average Bonchev–Trinajstić information content (AvgIpc) is 3.16. The summed E-state index contributed by atoms with van der Waals surface area (Å²) in [7, 11) is 0. The molecular formula is C23H24ClN5O2. The number of aromatic nitrogens is 3. The van der Waals surface area contributed by atoms with E-state index in [-0.39, 0.29) is 11.5 Å². The summed E-state index contributed by atoms with van der Waals surface area (Å²) in [5.41, 5.74) is 9.18. The number of amides is 1. The van der Waals surface area contributed by atoms with Gasteiger partial charge in [0.05, 0.1) is 16.9 Å². The number of aryl methyl sites for hydroxylation is 2. The van der Waals surface area contributed by atoms with Gasteiger partial charge in [0.1, 0.15) is 5.52 Å². The molecule has 4 rings (SSSR count). The molecule has 0 radical (unpaired) electrons. The summed E-state index contributed by atoms with van der Waals surface area (Å²) in [6.07, 6.45) is 1.04. The second-order valence-electron chi connectivity index (χ2n) is 7.63. The van der Waals surface area contributed by atoms with Gasteiger partial charge in [-0.05, 0) is 43.5 Å². The molecule has 2 heterocycles. The first kappa shape index (κ1) is 21.1. The predicted molar refractivity (Wildman–Crippen MR) is 123 cm³/mol. The maximum Gasteiger partial charge on any atom is 0.262 e. The van der Waals surface area contributed by atoms with E-state index in [2.05, 4.69) is 15.5 Å². The second kappa shape index (κ2) is 8.91. The Morgan fingerprint density at radius 3 is 2.74 bits per heavy atom. The highest BCUT2D eigenvalue weighted by Gasteiger charge is 2.16. The van der Waals surface area contributed by atoms with Gasteiger partial charge in [0.2, 0.25) is 5.91 Å². The van der Waals surface area contributed by atoms with E-state index in [4.69, 9.17) is 17.3 Å². The van der Waals surface area contributed by atoms with Crippen molar-refractivity contribution >= 4 is 39.3 Å². The van der Waals surface area contributed by atoms with Crippen molar-refractivity contribution in [3.63, 3.8) is 0 Å². The monoisotopic (exact) mass is 437 g/mol. The van der Waals surface area contributed by atoms with Crippen LogP contribution >= 0.6 is 11.6 Å². The lowest BCUT2D eigenvalue weighted by atomic mass is 10.1. The number of nitrogens with two attached hydrogens (primary N) is 1. The molecule has 4 N–H and O–H groups in total. The Kier molecular flexibility index (Phi) is 6.06. The minimum atomic E-state index is -0.644. The van der Waals surface area contributed by atoms with Crippen LogP contribution in [0.4, 0.5) is 0 Å². The lowest BCUT2D eigenvalue weighted by Crippen LogP contribution is -2.42. The Balaban J connectivity index is 1.42. The summed E-state index contributed by atoms with van der Waals surface area (Å²) < 4.78 is 1.75. The van der Waals surface area contributed by atoms with E-state index in [0.717, 1.165) is 22.2 Å². The first-order chi connectivity index (χ1) is 15.0. The van der Waals surface area contributed by atoms with Crippen LogP contribution in [-0.2, 0) is 17.8 Å². The van der Waals surface area contributed by atoms with Gasteiger partial charge >= 0.3 is 0 Å². The molecule has 1 atom stereocenters. The number of hydrogen-bond donors (Lipinski definition) is 3. The zero-order valence-electron chi connectivity index (χ0n) is 17.2. The molecule has 2 aromatic heterocycles. The number of pyridine rings is 1. The lowest BCUT2D eigenvalue weighted by molar-refractivity contribution is -0.122. The van der Waals surface area contributed by atoms with Gasteiger partial charge in [-0.3, -0.25) is 14.7 Å². The van der Waals surface area contributed by atoms with Crippen molar-refractivity contribution < 1.29 is 4.79 Å². The number of nitrogens with zero attached hydrogens (tertiary/aromatic N) is 2. The van der Waals surface area contributed by atoms with Crippen LogP contribution in [0, 0.1) is 6.92 Å². The molecule has 0 aliphatic rings. The first-order valence-electron chi connectivity index (χ1n) is 10.2. The van der Waals surface area contributed by atoms with Gasteiger partial charge in [0.15, 0.2) is 0 Å². The van der Waals surface area contributed by atoms with Gasteiger partial charge < -0.3 is 15.6 Å². The van der Waals surface area contributed by atoms with Crippen LogP contribution in [0.3, 0.4) is 0 Å². The van der Waals surface area contributed by atoms with Gasteiger partial charge in [-0.15, -0.1) is 0 Å². The summed E-state index contributed by atoms with van der Waals surface area (Å²) in [6.45, 7) is 2.75.